The first-order valence-corrected chi connectivity index (χ1v) is 10.8. The molecule has 0 unspecified atom stereocenters. The number of benzene rings is 3. The highest BCUT2D eigenvalue weighted by atomic mass is 19.1. The van der Waals surface area contributed by atoms with Gasteiger partial charge >= 0.3 is 5.69 Å². The van der Waals surface area contributed by atoms with E-state index in [1.807, 2.05) is 30.3 Å². The highest BCUT2D eigenvalue weighted by molar-refractivity contribution is 5.72. The number of hydrogen-bond donors (Lipinski definition) is 0. The van der Waals surface area contributed by atoms with E-state index in [0.29, 0.717) is 17.7 Å². The molecule has 0 saturated carbocycles. The van der Waals surface area contributed by atoms with Gasteiger partial charge in [0.1, 0.15) is 11.6 Å². The number of aromatic nitrogens is 4. The number of nitrogens with zero attached hydrogens (tertiary/aromatic N) is 4. The molecule has 34 heavy (non-hydrogen) atoms. The molecule has 2 aromatic heterocycles. The third-order valence-electron chi connectivity index (χ3n) is 5.75. The fourth-order valence-corrected chi connectivity index (χ4v) is 4.02. The van der Waals surface area contributed by atoms with Crippen molar-refractivity contribution in [2.45, 2.75) is 19.5 Å². The lowest BCUT2D eigenvalue weighted by atomic mass is 10.1. The van der Waals surface area contributed by atoms with Gasteiger partial charge in [0.05, 0.1) is 18.6 Å². The van der Waals surface area contributed by atoms with Crippen LogP contribution in [-0.4, -0.2) is 18.7 Å². The standard InChI is InChI=1S/C26H20F2N4O2/c27-20-10-12-21(13-11-20)32-24-23(30(17-29-24)16-19-8-4-5-9-22(19)28)25(33)31(26(32)34)15-14-18-6-2-1-3-7-18/h1-13,17H,14-16H2. The lowest BCUT2D eigenvalue weighted by Gasteiger charge is -2.13. The average Bonchev–Trinajstić information content (AvgIpc) is 3.26. The van der Waals surface area contributed by atoms with Crippen LogP contribution in [0.4, 0.5) is 8.78 Å². The topological polar surface area (TPSA) is 61.8 Å². The molecule has 6 nitrogen and oxygen atoms in total. The van der Waals surface area contributed by atoms with Crippen molar-refractivity contribution in [3.05, 3.63) is 129 Å². The van der Waals surface area contributed by atoms with Crippen molar-refractivity contribution in [2.75, 3.05) is 0 Å². The van der Waals surface area contributed by atoms with Gasteiger partial charge < -0.3 is 4.57 Å². The van der Waals surface area contributed by atoms with Crippen molar-refractivity contribution in [3.8, 4) is 5.69 Å². The van der Waals surface area contributed by atoms with Crippen LogP contribution in [0.1, 0.15) is 11.1 Å². The van der Waals surface area contributed by atoms with Crippen molar-refractivity contribution in [1.82, 2.24) is 18.7 Å². The Morgan fingerprint density at radius 1 is 0.824 bits per heavy atom. The van der Waals surface area contributed by atoms with Gasteiger partial charge in [-0.1, -0.05) is 48.5 Å². The van der Waals surface area contributed by atoms with E-state index in [4.69, 9.17) is 0 Å². The largest absolute Gasteiger partial charge is 0.337 e. The molecule has 0 fully saturated rings. The second kappa shape index (κ2) is 8.90. The Bertz CT molecular complexity index is 1590. The second-order valence-corrected chi connectivity index (χ2v) is 7.92. The van der Waals surface area contributed by atoms with Crippen LogP contribution in [0.5, 0.6) is 0 Å². The zero-order chi connectivity index (χ0) is 23.7. The molecule has 0 spiro atoms. The molecule has 0 atom stereocenters. The maximum absolute atomic E-state index is 14.3. The minimum absolute atomic E-state index is 0.0682. The molecular formula is C26H20F2N4O2. The molecule has 170 valence electrons. The molecule has 0 radical (unpaired) electrons. The molecule has 3 aromatic carbocycles. The summed E-state index contributed by atoms with van der Waals surface area (Å²) in [6.07, 6.45) is 1.88. The number of hydrogen-bond acceptors (Lipinski definition) is 3. The van der Waals surface area contributed by atoms with Crippen molar-refractivity contribution < 1.29 is 8.78 Å². The fraction of sp³-hybridized carbons (Fsp3) is 0.115. The summed E-state index contributed by atoms with van der Waals surface area (Å²) < 4.78 is 31.8. The van der Waals surface area contributed by atoms with Crippen LogP contribution < -0.4 is 11.2 Å². The molecule has 0 amide bonds. The van der Waals surface area contributed by atoms with Gasteiger partial charge in [-0.25, -0.2) is 23.1 Å². The van der Waals surface area contributed by atoms with Crippen LogP contribution in [-0.2, 0) is 19.5 Å². The van der Waals surface area contributed by atoms with Gasteiger partial charge in [-0.05, 0) is 42.3 Å². The van der Waals surface area contributed by atoms with Crippen molar-refractivity contribution in [1.29, 1.82) is 0 Å². The highest BCUT2D eigenvalue weighted by Gasteiger charge is 2.20. The molecule has 8 heteroatoms. The zero-order valence-corrected chi connectivity index (χ0v) is 18.1. The predicted octanol–water partition coefficient (Wildman–Crippen LogP) is 3.92. The summed E-state index contributed by atoms with van der Waals surface area (Å²) in [5.74, 6) is -0.851. The van der Waals surface area contributed by atoms with Crippen LogP contribution in [0.25, 0.3) is 16.9 Å². The van der Waals surface area contributed by atoms with Gasteiger partial charge in [-0.3, -0.25) is 9.36 Å². The fourth-order valence-electron chi connectivity index (χ4n) is 4.02. The summed E-state index contributed by atoms with van der Waals surface area (Å²) in [5, 5.41) is 0. The molecule has 0 aliphatic rings. The number of fused-ring (bicyclic) bond motifs is 1. The maximum Gasteiger partial charge on any atom is 0.337 e. The van der Waals surface area contributed by atoms with Gasteiger partial charge in [-0.2, -0.15) is 0 Å². The summed E-state index contributed by atoms with van der Waals surface area (Å²) in [4.78, 5) is 31.3. The Kier molecular flexibility index (Phi) is 5.63. The lowest BCUT2D eigenvalue weighted by molar-refractivity contribution is 0.597. The van der Waals surface area contributed by atoms with E-state index in [9.17, 15) is 18.4 Å². The normalized spacial score (nSPS) is 11.2. The van der Waals surface area contributed by atoms with Gasteiger partial charge in [0.2, 0.25) is 0 Å². The Morgan fingerprint density at radius 3 is 2.26 bits per heavy atom. The Hall–Kier alpha value is -4.33. The van der Waals surface area contributed by atoms with Gasteiger partial charge in [-0.15, -0.1) is 0 Å². The van der Waals surface area contributed by atoms with Crippen molar-refractivity contribution in [2.24, 2.45) is 0 Å². The highest BCUT2D eigenvalue weighted by Crippen LogP contribution is 2.16. The van der Waals surface area contributed by atoms with E-state index in [-0.39, 0.29) is 24.3 Å². The molecule has 0 aliphatic heterocycles. The molecular weight excluding hydrogens is 438 g/mol. The first kappa shape index (κ1) is 21.5. The quantitative estimate of drug-likeness (QED) is 0.388. The van der Waals surface area contributed by atoms with Crippen molar-refractivity contribution >= 4 is 11.2 Å². The number of imidazole rings is 1. The second-order valence-electron chi connectivity index (χ2n) is 7.92. The van der Waals surface area contributed by atoms with Crippen LogP contribution in [0.3, 0.4) is 0 Å². The summed E-state index contributed by atoms with van der Waals surface area (Å²) in [7, 11) is 0. The van der Waals surface area contributed by atoms with E-state index in [1.54, 1.807) is 18.2 Å². The van der Waals surface area contributed by atoms with Crippen LogP contribution >= 0.6 is 0 Å². The van der Waals surface area contributed by atoms with E-state index < -0.39 is 22.9 Å². The molecule has 0 saturated heterocycles. The van der Waals surface area contributed by atoms with Gasteiger partial charge in [0, 0.05) is 12.1 Å². The predicted molar refractivity (Wildman–Crippen MR) is 125 cm³/mol. The number of rotatable bonds is 6. The monoisotopic (exact) mass is 458 g/mol. The van der Waals surface area contributed by atoms with E-state index in [1.165, 1.54) is 45.8 Å². The number of halogens is 2. The van der Waals surface area contributed by atoms with Crippen LogP contribution in [0.2, 0.25) is 0 Å². The van der Waals surface area contributed by atoms with Gasteiger partial charge in [0.25, 0.3) is 5.56 Å². The lowest BCUT2D eigenvalue weighted by Crippen LogP contribution is -2.40. The maximum atomic E-state index is 14.3. The third kappa shape index (κ3) is 3.94. The summed E-state index contributed by atoms with van der Waals surface area (Å²) in [5.41, 5.74) is 0.952. The summed E-state index contributed by atoms with van der Waals surface area (Å²) in [6.45, 7) is 0.211. The first-order chi connectivity index (χ1) is 16.5. The minimum Gasteiger partial charge on any atom is -0.320 e. The van der Waals surface area contributed by atoms with Crippen LogP contribution in [0, 0.1) is 11.6 Å². The third-order valence-corrected chi connectivity index (χ3v) is 5.75. The molecule has 5 aromatic rings. The first-order valence-electron chi connectivity index (χ1n) is 10.8. The molecule has 0 aliphatic carbocycles. The van der Waals surface area contributed by atoms with Crippen LogP contribution in [0.15, 0.2) is 94.8 Å². The number of aryl methyl sites for hydroxylation is 1. The minimum atomic E-state index is -0.573. The zero-order valence-electron chi connectivity index (χ0n) is 18.1. The summed E-state index contributed by atoms with van der Waals surface area (Å²) in [6, 6.07) is 21.2. The van der Waals surface area contributed by atoms with E-state index in [2.05, 4.69) is 4.98 Å². The Labute approximate surface area is 193 Å². The van der Waals surface area contributed by atoms with Gasteiger partial charge in [0.15, 0.2) is 11.2 Å². The molecule has 0 bridgehead atoms. The SMILES string of the molecule is O=c1c2c(ncn2Cc2ccccc2F)n(-c2ccc(F)cc2)c(=O)n1CCc1ccccc1. The molecule has 2 heterocycles. The van der Waals surface area contributed by atoms with Crippen molar-refractivity contribution in [3.63, 3.8) is 0 Å². The molecule has 0 N–H and O–H groups in total. The van der Waals surface area contributed by atoms with E-state index >= 15 is 0 Å². The smallest absolute Gasteiger partial charge is 0.320 e. The molecule has 5 rings (SSSR count). The summed E-state index contributed by atoms with van der Waals surface area (Å²) >= 11 is 0. The average molecular weight is 458 g/mol. The van der Waals surface area contributed by atoms with E-state index in [0.717, 1.165) is 10.1 Å². The Balaban J connectivity index is 1.70. The Morgan fingerprint density at radius 2 is 1.53 bits per heavy atom.